The highest BCUT2D eigenvalue weighted by atomic mass is 127. The number of halogens is 8. The molecule has 0 nitrogen and oxygen atoms in total. The average Bonchev–Trinajstić information content (AvgIpc) is 2.14. The third kappa shape index (κ3) is 2.50. The van der Waals surface area contributed by atoms with Crippen molar-refractivity contribution in [3.63, 3.8) is 0 Å². The Kier molecular flexibility index (Phi) is 3.66. The SMILES string of the molecule is FC(F)(F)C(F)(c1ccc(I)cc1)C(F)(F)F. The van der Waals surface area contributed by atoms with Gasteiger partial charge >= 0.3 is 18.0 Å². The number of benzene rings is 1. The highest BCUT2D eigenvalue weighted by Gasteiger charge is 2.73. The molecule has 1 rings (SSSR count). The Hall–Kier alpha value is -0.540. The predicted molar refractivity (Wildman–Crippen MR) is 54.1 cm³/mol. The molecule has 0 fully saturated rings. The van der Waals surface area contributed by atoms with Gasteiger partial charge in [-0.3, -0.25) is 0 Å². The van der Waals surface area contributed by atoms with Crippen LogP contribution in [0.25, 0.3) is 0 Å². The van der Waals surface area contributed by atoms with E-state index < -0.39 is 23.6 Å². The van der Waals surface area contributed by atoms with E-state index in [9.17, 15) is 30.7 Å². The molecule has 0 spiro atoms. The topological polar surface area (TPSA) is 0 Å². The van der Waals surface area contributed by atoms with Gasteiger partial charge in [0.1, 0.15) is 0 Å². The third-order valence-electron chi connectivity index (χ3n) is 2.02. The van der Waals surface area contributed by atoms with E-state index >= 15 is 0 Å². The van der Waals surface area contributed by atoms with Gasteiger partial charge in [0, 0.05) is 9.13 Å². The standard InChI is InChI=1S/C9H4F7I/c10-7(8(11,12)13,9(14,15)16)5-1-3-6(17)4-2-5/h1-4H. The fraction of sp³-hybridized carbons (Fsp3) is 0.333. The zero-order valence-electron chi connectivity index (χ0n) is 7.83. The van der Waals surface area contributed by atoms with Gasteiger partial charge in [0.05, 0.1) is 0 Å². The molecule has 1 aromatic carbocycles. The lowest BCUT2D eigenvalue weighted by atomic mass is 9.94. The molecule has 0 saturated heterocycles. The molecule has 0 aliphatic heterocycles. The Morgan fingerprint density at radius 1 is 0.706 bits per heavy atom. The second-order valence-corrected chi connectivity index (χ2v) is 4.41. The van der Waals surface area contributed by atoms with Gasteiger partial charge in [-0.1, -0.05) is 12.1 Å². The molecule has 0 bridgehead atoms. The van der Waals surface area contributed by atoms with E-state index in [0.29, 0.717) is 15.7 Å². The van der Waals surface area contributed by atoms with Crippen LogP contribution in [0.5, 0.6) is 0 Å². The van der Waals surface area contributed by atoms with Crippen molar-refractivity contribution in [3.8, 4) is 0 Å². The van der Waals surface area contributed by atoms with Crippen LogP contribution in [0.2, 0.25) is 0 Å². The normalized spacial score (nSPS) is 13.9. The molecule has 0 saturated carbocycles. The molecule has 0 N–H and O–H groups in total. The second-order valence-electron chi connectivity index (χ2n) is 3.16. The van der Waals surface area contributed by atoms with Crippen molar-refractivity contribution < 1.29 is 30.7 Å². The molecular formula is C9H4F7I. The van der Waals surface area contributed by atoms with E-state index in [1.807, 2.05) is 0 Å². The summed E-state index contributed by atoms with van der Waals surface area (Å²) >= 11 is 1.68. The van der Waals surface area contributed by atoms with Crippen LogP contribution in [0.15, 0.2) is 24.3 Å². The van der Waals surface area contributed by atoms with Crippen LogP contribution < -0.4 is 0 Å². The molecule has 8 heteroatoms. The van der Waals surface area contributed by atoms with Crippen LogP contribution in [-0.2, 0) is 5.67 Å². The molecule has 0 aliphatic carbocycles. The fourth-order valence-electron chi connectivity index (χ4n) is 1.17. The largest absolute Gasteiger partial charge is 0.435 e. The molecule has 0 aromatic heterocycles. The average molecular weight is 372 g/mol. The minimum atomic E-state index is -6.06. The van der Waals surface area contributed by atoms with Crippen LogP contribution in [0, 0.1) is 3.57 Å². The maximum atomic E-state index is 13.4. The first-order valence-corrected chi connectivity index (χ1v) is 5.16. The third-order valence-corrected chi connectivity index (χ3v) is 2.74. The first kappa shape index (κ1) is 14.5. The van der Waals surface area contributed by atoms with Crippen LogP contribution in [0.1, 0.15) is 5.56 Å². The molecule has 0 radical (unpaired) electrons. The first-order chi connectivity index (χ1) is 7.50. The number of rotatable bonds is 1. The summed E-state index contributed by atoms with van der Waals surface area (Å²) in [4.78, 5) is 0. The number of alkyl halides is 7. The van der Waals surface area contributed by atoms with Crippen molar-refractivity contribution in [3.05, 3.63) is 33.4 Å². The van der Waals surface area contributed by atoms with Gasteiger partial charge in [0.25, 0.3) is 0 Å². The molecule has 0 amide bonds. The van der Waals surface area contributed by atoms with Crippen molar-refractivity contribution in [2.45, 2.75) is 18.0 Å². The van der Waals surface area contributed by atoms with Gasteiger partial charge in [-0.15, -0.1) is 0 Å². The van der Waals surface area contributed by atoms with E-state index in [2.05, 4.69) is 0 Å². The summed E-state index contributed by atoms with van der Waals surface area (Å²) in [6, 6.07) is 2.90. The smallest absolute Gasteiger partial charge is 0.218 e. The molecule has 0 unspecified atom stereocenters. The van der Waals surface area contributed by atoms with Crippen LogP contribution in [-0.4, -0.2) is 12.4 Å². The maximum absolute atomic E-state index is 13.4. The molecule has 96 valence electrons. The lowest BCUT2D eigenvalue weighted by molar-refractivity contribution is -0.348. The Balaban J connectivity index is 3.41. The van der Waals surface area contributed by atoms with E-state index in [1.54, 1.807) is 22.6 Å². The lowest BCUT2D eigenvalue weighted by Crippen LogP contribution is -2.50. The van der Waals surface area contributed by atoms with Gasteiger partial charge in [-0.2, -0.15) is 26.3 Å². The highest BCUT2D eigenvalue weighted by molar-refractivity contribution is 14.1. The van der Waals surface area contributed by atoms with Gasteiger partial charge in [-0.25, -0.2) is 4.39 Å². The summed E-state index contributed by atoms with van der Waals surface area (Å²) in [5.41, 5.74) is -6.82. The molecule has 0 heterocycles. The molecule has 1 aromatic rings. The predicted octanol–water partition coefficient (Wildman–Crippen LogP) is 4.58. The molecule has 0 aliphatic rings. The molecular weight excluding hydrogens is 368 g/mol. The molecule has 17 heavy (non-hydrogen) atoms. The summed E-state index contributed by atoms with van der Waals surface area (Å²) in [6.07, 6.45) is -12.1. The van der Waals surface area contributed by atoms with E-state index in [4.69, 9.17) is 0 Å². The highest BCUT2D eigenvalue weighted by Crippen LogP contribution is 2.53. The second kappa shape index (κ2) is 4.29. The Morgan fingerprint density at radius 2 is 1.06 bits per heavy atom. The van der Waals surface area contributed by atoms with Gasteiger partial charge < -0.3 is 0 Å². The maximum Gasteiger partial charge on any atom is 0.435 e. The van der Waals surface area contributed by atoms with Crippen LogP contribution in [0.4, 0.5) is 30.7 Å². The zero-order valence-corrected chi connectivity index (χ0v) is 9.99. The number of hydrogen-bond acceptors (Lipinski definition) is 0. The van der Waals surface area contributed by atoms with Gasteiger partial charge in [0.15, 0.2) is 0 Å². The minimum absolute atomic E-state index is 0.401. The number of hydrogen-bond donors (Lipinski definition) is 0. The minimum Gasteiger partial charge on any atom is -0.218 e. The lowest BCUT2D eigenvalue weighted by Gasteiger charge is -2.30. The van der Waals surface area contributed by atoms with Gasteiger partial charge in [-0.05, 0) is 34.7 Å². The van der Waals surface area contributed by atoms with Crippen molar-refractivity contribution >= 4 is 22.6 Å². The molecule has 0 atom stereocenters. The van der Waals surface area contributed by atoms with E-state index in [-0.39, 0.29) is 0 Å². The summed E-state index contributed by atoms with van der Waals surface area (Å²) < 4.78 is 87.6. The summed E-state index contributed by atoms with van der Waals surface area (Å²) in [6.45, 7) is 0. The quantitative estimate of drug-likeness (QED) is 0.500. The fourth-order valence-corrected chi connectivity index (χ4v) is 1.53. The van der Waals surface area contributed by atoms with Crippen LogP contribution >= 0.6 is 22.6 Å². The van der Waals surface area contributed by atoms with Crippen molar-refractivity contribution in [2.24, 2.45) is 0 Å². The summed E-state index contributed by atoms with van der Waals surface area (Å²) in [5.74, 6) is 0. The van der Waals surface area contributed by atoms with Crippen LogP contribution in [0.3, 0.4) is 0 Å². The Morgan fingerprint density at radius 3 is 1.35 bits per heavy atom. The summed E-state index contributed by atoms with van der Waals surface area (Å²) in [5, 5.41) is 0. The Bertz CT molecular complexity index is 375. The van der Waals surface area contributed by atoms with E-state index in [1.165, 1.54) is 0 Å². The van der Waals surface area contributed by atoms with Gasteiger partial charge in [0.2, 0.25) is 0 Å². The Labute approximate surface area is 105 Å². The zero-order chi connectivity index (χ0) is 13.5. The monoisotopic (exact) mass is 372 g/mol. The van der Waals surface area contributed by atoms with Crippen molar-refractivity contribution in [1.29, 1.82) is 0 Å². The van der Waals surface area contributed by atoms with E-state index in [0.717, 1.165) is 12.1 Å². The van der Waals surface area contributed by atoms with Crippen molar-refractivity contribution in [1.82, 2.24) is 0 Å². The van der Waals surface area contributed by atoms with Crippen molar-refractivity contribution in [2.75, 3.05) is 0 Å². The first-order valence-electron chi connectivity index (χ1n) is 4.08. The summed E-state index contributed by atoms with van der Waals surface area (Å²) in [7, 11) is 0.